The summed E-state index contributed by atoms with van der Waals surface area (Å²) in [6, 6.07) is 14.2. The van der Waals surface area contributed by atoms with Crippen LogP contribution >= 0.6 is 11.8 Å². The molecule has 4 nitrogen and oxygen atoms in total. The number of hydrogen-bond donors (Lipinski definition) is 1. The second-order valence-electron chi connectivity index (χ2n) is 8.19. The molecule has 1 N–H and O–H groups in total. The lowest BCUT2D eigenvalue weighted by atomic mass is 9.94. The second-order valence-corrected chi connectivity index (χ2v) is 9.37. The van der Waals surface area contributed by atoms with Crippen molar-refractivity contribution in [2.75, 3.05) is 4.90 Å². The van der Waals surface area contributed by atoms with Crippen molar-refractivity contribution in [2.24, 2.45) is 5.92 Å². The van der Waals surface area contributed by atoms with Crippen LogP contribution in [0.5, 0.6) is 0 Å². The third-order valence-corrected chi connectivity index (χ3v) is 7.46. The van der Waals surface area contributed by atoms with Gasteiger partial charge in [-0.15, -0.1) is 11.8 Å². The Morgan fingerprint density at radius 1 is 1.13 bits per heavy atom. The lowest BCUT2D eigenvalue weighted by molar-refractivity contribution is -0.129. The molecule has 2 aromatic carbocycles. The van der Waals surface area contributed by atoms with Gasteiger partial charge >= 0.3 is 0 Å². The largest absolute Gasteiger partial charge is 0.353 e. The highest BCUT2D eigenvalue weighted by Gasteiger charge is 2.39. The molecule has 0 unspecified atom stereocenters. The summed E-state index contributed by atoms with van der Waals surface area (Å²) in [6.07, 6.45) is 5.56. The van der Waals surface area contributed by atoms with Crippen molar-refractivity contribution in [3.05, 3.63) is 59.9 Å². The second kappa shape index (κ2) is 9.21. The molecule has 0 aromatic heterocycles. The molecule has 30 heavy (non-hydrogen) atoms. The summed E-state index contributed by atoms with van der Waals surface area (Å²) < 4.78 is 13.3. The molecule has 2 aliphatic rings. The van der Waals surface area contributed by atoms with Crippen molar-refractivity contribution in [3.63, 3.8) is 0 Å². The van der Waals surface area contributed by atoms with Gasteiger partial charge in [-0.05, 0) is 42.7 Å². The molecular weight excluding hydrogens is 399 g/mol. The van der Waals surface area contributed by atoms with Gasteiger partial charge in [0.2, 0.25) is 11.8 Å². The van der Waals surface area contributed by atoms with Gasteiger partial charge in [0.1, 0.15) is 11.1 Å². The summed E-state index contributed by atoms with van der Waals surface area (Å²) in [4.78, 5) is 29.1. The van der Waals surface area contributed by atoms with Crippen LogP contribution in [-0.2, 0) is 16.1 Å². The number of para-hydroxylation sites is 1. The molecule has 4 rings (SSSR count). The first kappa shape index (κ1) is 20.9. The minimum absolute atomic E-state index is 0.0473. The molecular formula is C24H27FN2O2S. The Morgan fingerprint density at radius 3 is 2.57 bits per heavy atom. The van der Waals surface area contributed by atoms with Gasteiger partial charge in [-0.25, -0.2) is 4.39 Å². The van der Waals surface area contributed by atoms with Crippen LogP contribution in [0.25, 0.3) is 0 Å². The number of anilines is 1. The van der Waals surface area contributed by atoms with Crippen molar-refractivity contribution in [1.29, 1.82) is 0 Å². The van der Waals surface area contributed by atoms with E-state index < -0.39 is 11.2 Å². The highest BCUT2D eigenvalue weighted by Crippen LogP contribution is 2.42. The summed E-state index contributed by atoms with van der Waals surface area (Å²) in [7, 11) is 0. The molecule has 0 radical (unpaired) electrons. The third-order valence-electron chi connectivity index (χ3n) is 5.99. The Hall–Kier alpha value is -2.34. The van der Waals surface area contributed by atoms with Crippen molar-refractivity contribution >= 4 is 29.3 Å². The molecule has 0 saturated heterocycles. The minimum atomic E-state index is -0.482. The first-order valence-electron chi connectivity index (χ1n) is 10.6. The quantitative estimate of drug-likeness (QED) is 0.738. The fraction of sp³-hybridized carbons (Fsp3) is 0.417. The maximum atomic E-state index is 13.4. The molecule has 6 heteroatoms. The average molecular weight is 427 g/mol. The van der Waals surface area contributed by atoms with E-state index in [0.29, 0.717) is 6.54 Å². The molecule has 2 amide bonds. The van der Waals surface area contributed by atoms with E-state index in [2.05, 4.69) is 5.32 Å². The van der Waals surface area contributed by atoms with E-state index in [1.807, 2.05) is 31.2 Å². The van der Waals surface area contributed by atoms with Gasteiger partial charge in [-0.1, -0.05) is 50.5 Å². The van der Waals surface area contributed by atoms with Crippen molar-refractivity contribution in [3.8, 4) is 0 Å². The molecule has 0 spiro atoms. The number of carbonyl (C=O) groups excluding carboxylic acids is 2. The summed E-state index contributed by atoms with van der Waals surface area (Å²) in [5.74, 6) is -0.859. The number of nitrogens with zero attached hydrogens (tertiary/aromatic N) is 1. The molecule has 1 fully saturated rings. The van der Waals surface area contributed by atoms with Gasteiger partial charge in [0.25, 0.3) is 0 Å². The van der Waals surface area contributed by atoms with E-state index >= 15 is 0 Å². The number of carbonyl (C=O) groups is 2. The number of hydrogen-bond acceptors (Lipinski definition) is 3. The number of fused-ring (bicyclic) bond motifs is 1. The molecule has 1 saturated carbocycles. The zero-order valence-corrected chi connectivity index (χ0v) is 18.0. The molecule has 1 aliphatic heterocycles. The fourth-order valence-corrected chi connectivity index (χ4v) is 5.49. The van der Waals surface area contributed by atoms with Gasteiger partial charge in [-0.3, -0.25) is 9.59 Å². The predicted octanol–water partition coefficient (Wildman–Crippen LogP) is 4.92. The average Bonchev–Trinajstić information content (AvgIpc) is 2.77. The zero-order chi connectivity index (χ0) is 21.1. The Morgan fingerprint density at radius 2 is 1.83 bits per heavy atom. The number of nitrogens with one attached hydrogen (secondary N) is 1. The van der Waals surface area contributed by atoms with Gasteiger partial charge < -0.3 is 10.2 Å². The van der Waals surface area contributed by atoms with E-state index in [4.69, 9.17) is 0 Å². The smallest absolute Gasteiger partial charge is 0.241 e. The zero-order valence-electron chi connectivity index (χ0n) is 17.1. The molecule has 2 aromatic rings. The first-order valence-corrected chi connectivity index (χ1v) is 11.5. The van der Waals surface area contributed by atoms with Crippen molar-refractivity contribution in [1.82, 2.24) is 5.32 Å². The molecule has 1 aliphatic carbocycles. The SMILES string of the molecule is C[C@H](C(=O)NC1CCCCC1)[C@H]1Sc2ccccc2N(Cc2ccc(F)cc2)C1=O. The van der Waals surface area contributed by atoms with Gasteiger partial charge in [0.05, 0.1) is 18.2 Å². The lowest BCUT2D eigenvalue weighted by Crippen LogP contribution is -2.49. The third kappa shape index (κ3) is 4.53. The van der Waals surface area contributed by atoms with Crippen LogP contribution < -0.4 is 10.2 Å². The molecule has 158 valence electrons. The summed E-state index contributed by atoms with van der Waals surface area (Å²) in [5, 5.41) is 2.68. The van der Waals surface area contributed by atoms with Crippen molar-refractivity contribution in [2.45, 2.75) is 61.8 Å². The maximum Gasteiger partial charge on any atom is 0.241 e. The predicted molar refractivity (Wildman–Crippen MR) is 118 cm³/mol. The monoisotopic (exact) mass is 426 g/mol. The van der Waals surface area contributed by atoms with E-state index in [1.54, 1.807) is 17.0 Å². The van der Waals surface area contributed by atoms with E-state index in [0.717, 1.165) is 41.8 Å². The minimum Gasteiger partial charge on any atom is -0.353 e. The summed E-state index contributed by atoms with van der Waals surface area (Å²) >= 11 is 1.47. The van der Waals surface area contributed by atoms with Gasteiger partial charge in [0.15, 0.2) is 0 Å². The van der Waals surface area contributed by atoms with Crippen LogP contribution in [0.4, 0.5) is 10.1 Å². The number of thioether (sulfide) groups is 1. The molecule has 2 atom stereocenters. The Balaban J connectivity index is 1.54. The molecule has 0 bridgehead atoms. The van der Waals surface area contributed by atoms with Crippen LogP contribution in [0.2, 0.25) is 0 Å². The fourth-order valence-electron chi connectivity index (χ4n) is 4.21. The van der Waals surface area contributed by atoms with Crippen LogP contribution in [0.3, 0.4) is 0 Å². The number of amides is 2. The normalized spacial score (nSPS) is 20.5. The maximum absolute atomic E-state index is 13.4. The van der Waals surface area contributed by atoms with E-state index in [1.165, 1.54) is 30.3 Å². The highest BCUT2D eigenvalue weighted by atomic mass is 32.2. The van der Waals surface area contributed by atoms with Crippen LogP contribution in [0.1, 0.15) is 44.6 Å². The first-order chi connectivity index (χ1) is 14.5. The van der Waals surface area contributed by atoms with Crippen LogP contribution in [-0.4, -0.2) is 23.1 Å². The number of rotatable bonds is 5. The number of halogens is 1. The standard InChI is InChI=1S/C24H27FN2O2S/c1-16(23(28)26-19-7-3-2-4-8-19)22-24(29)27(15-17-11-13-18(25)14-12-17)20-9-5-6-10-21(20)30-22/h5-6,9-14,16,19,22H,2-4,7-8,15H2,1H3,(H,26,28)/t16-,22+/m0/s1. The summed E-state index contributed by atoms with van der Waals surface area (Å²) in [6.45, 7) is 2.20. The molecule has 1 heterocycles. The Bertz CT molecular complexity index is 912. The number of benzene rings is 2. The van der Waals surface area contributed by atoms with Crippen molar-refractivity contribution < 1.29 is 14.0 Å². The summed E-state index contributed by atoms with van der Waals surface area (Å²) in [5.41, 5.74) is 1.69. The van der Waals surface area contributed by atoms with E-state index in [9.17, 15) is 14.0 Å². The lowest BCUT2D eigenvalue weighted by Gasteiger charge is -2.36. The highest BCUT2D eigenvalue weighted by molar-refractivity contribution is 8.01. The Kier molecular flexibility index (Phi) is 6.42. The Labute approximate surface area is 181 Å². The van der Waals surface area contributed by atoms with E-state index in [-0.39, 0.29) is 23.7 Å². The van der Waals surface area contributed by atoms with Crippen LogP contribution in [0.15, 0.2) is 53.4 Å². The topological polar surface area (TPSA) is 49.4 Å². The van der Waals surface area contributed by atoms with Gasteiger partial charge in [-0.2, -0.15) is 0 Å². The van der Waals surface area contributed by atoms with Crippen LogP contribution in [0, 0.1) is 11.7 Å². The van der Waals surface area contributed by atoms with Gasteiger partial charge in [0, 0.05) is 10.9 Å².